The molecule has 10 nitrogen and oxygen atoms in total. The van der Waals surface area contributed by atoms with Gasteiger partial charge in [-0.1, -0.05) is 12.1 Å². The fourth-order valence-corrected chi connectivity index (χ4v) is 7.18. The number of aromatic nitrogens is 5. The molecule has 0 spiro atoms. The van der Waals surface area contributed by atoms with E-state index >= 15 is 0 Å². The molecule has 0 radical (unpaired) electrons. The smallest absolute Gasteiger partial charge is 0.254 e. The number of amides is 1. The molecule has 216 valence electrons. The Kier molecular flexibility index (Phi) is 5.81. The Hall–Kier alpha value is -4.75. The number of hydrogen-bond donors (Lipinski definition) is 1. The minimum Gasteiger partial charge on any atom is -0.494 e. The molecule has 43 heavy (non-hydrogen) atoms. The topological polar surface area (TPSA) is 128 Å². The van der Waals surface area contributed by atoms with Gasteiger partial charge in [0, 0.05) is 66.6 Å². The number of hydrogen-bond acceptors (Lipinski definition) is 7. The van der Waals surface area contributed by atoms with E-state index in [2.05, 4.69) is 43.4 Å². The fraction of sp³-hybridized carbons (Fsp3) is 0.364. The van der Waals surface area contributed by atoms with E-state index in [1.165, 1.54) is 12.8 Å². The number of carbonyl (C=O) groups excluding carboxylic acids is 1. The molecule has 5 aromatic rings. The van der Waals surface area contributed by atoms with Gasteiger partial charge in [-0.2, -0.15) is 5.26 Å². The van der Waals surface area contributed by atoms with Gasteiger partial charge >= 0.3 is 0 Å². The lowest BCUT2D eigenvalue weighted by Gasteiger charge is -2.27. The monoisotopic (exact) mass is 572 g/mol. The normalized spacial score (nSPS) is 21.2. The van der Waals surface area contributed by atoms with Crippen LogP contribution in [-0.4, -0.2) is 60.6 Å². The third kappa shape index (κ3) is 4.10. The first-order chi connectivity index (χ1) is 20.9. The predicted octanol–water partition coefficient (Wildman–Crippen LogP) is 4.50. The van der Waals surface area contributed by atoms with Crippen LogP contribution in [-0.2, 0) is 13.6 Å². The number of rotatable bonds is 6. The molecule has 3 fully saturated rings. The average Bonchev–Trinajstić information content (AvgIpc) is 3.44. The van der Waals surface area contributed by atoms with Crippen LogP contribution in [0.4, 0.5) is 0 Å². The molecule has 2 unspecified atom stereocenters. The van der Waals surface area contributed by atoms with Crippen molar-refractivity contribution in [2.45, 2.75) is 44.3 Å². The van der Waals surface area contributed by atoms with Gasteiger partial charge in [0.15, 0.2) is 5.82 Å². The van der Waals surface area contributed by atoms with E-state index in [9.17, 15) is 4.79 Å². The van der Waals surface area contributed by atoms with Crippen LogP contribution >= 0.6 is 0 Å². The van der Waals surface area contributed by atoms with Gasteiger partial charge in [0.2, 0.25) is 5.82 Å². The van der Waals surface area contributed by atoms with E-state index in [4.69, 9.17) is 20.7 Å². The Bertz CT molecular complexity index is 1960. The van der Waals surface area contributed by atoms with Crippen molar-refractivity contribution in [3.63, 3.8) is 0 Å². The summed E-state index contributed by atoms with van der Waals surface area (Å²) < 4.78 is 10.3. The molecule has 1 amide bonds. The number of carbonyl (C=O) groups is 1. The van der Waals surface area contributed by atoms with E-state index in [-0.39, 0.29) is 23.8 Å². The Balaban J connectivity index is 1.23. The summed E-state index contributed by atoms with van der Waals surface area (Å²) in [6, 6.07) is 14.4. The lowest BCUT2D eigenvalue weighted by molar-refractivity contribution is 0.0700. The molecule has 2 aromatic carbocycles. The molecular weight excluding hydrogens is 540 g/mol. The van der Waals surface area contributed by atoms with Crippen molar-refractivity contribution in [3.05, 3.63) is 60.2 Å². The summed E-state index contributed by atoms with van der Waals surface area (Å²) in [5.74, 6) is 2.62. The average molecular weight is 573 g/mol. The van der Waals surface area contributed by atoms with Crippen molar-refractivity contribution in [1.29, 1.82) is 5.26 Å². The molecule has 2 saturated carbocycles. The maximum atomic E-state index is 13.7. The van der Waals surface area contributed by atoms with Gasteiger partial charge in [-0.15, -0.1) is 0 Å². The van der Waals surface area contributed by atoms with E-state index in [1.807, 2.05) is 30.1 Å². The second kappa shape index (κ2) is 9.64. The number of fused-ring (bicyclic) bond motifs is 4. The number of aryl methyl sites for hydroxylation is 1. The van der Waals surface area contributed by atoms with Crippen molar-refractivity contribution in [3.8, 4) is 34.5 Å². The highest BCUT2D eigenvalue weighted by Crippen LogP contribution is 2.40. The maximum Gasteiger partial charge on any atom is 0.254 e. The summed E-state index contributed by atoms with van der Waals surface area (Å²) in [4.78, 5) is 29.1. The predicted molar refractivity (Wildman–Crippen MR) is 162 cm³/mol. The number of piperidine rings is 1. The summed E-state index contributed by atoms with van der Waals surface area (Å²) >= 11 is 0. The number of nitrogens with two attached hydrogens (primary N) is 1. The van der Waals surface area contributed by atoms with Crippen molar-refractivity contribution < 1.29 is 9.53 Å². The van der Waals surface area contributed by atoms with Crippen molar-refractivity contribution >= 4 is 27.8 Å². The third-order valence-electron chi connectivity index (χ3n) is 9.67. The molecule has 10 heteroatoms. The van der Waals surface area contributed by atoms with Gasteiger partial charge in [-0.05, 0) is 67.3 Å². The Morgan fingerprint density at radius 1 is 1.09 bits per heavy atom. The van der Waals surface area contributed by atoms with Gasteiger partial charge in [0.05, 0.1) is 18.3 Å². The molecule has 3 aromatic heterocycles. The maximum absolute atomic E-state index is 13.7. The lowest BCUT2D eigenvalue weighted by atomic mass is 10.1. The zero-order valence-electron chi connectivity index (χ0n) is 24.2. The van der Waals surface area contributed by atoms with E-state index in [1.54, 1.807) is 19.5 Å². The van der Waals surface area contributed by atoms with Gasteiger partial charge < -0.3 is 24.5 Å². The first-order valence-corrected chi connectivity index (χ1v) is 14.9. The van der Waals surface area contributed by atoms with Crippen LogP contribution in [0.25, 0.3) is 44.6 Å². The van der Waals surface area contributed by atoms with Crippen LogP contribution in [0, 0.1) is 23.2 Å². The Labute approximate surface area is 248 Å². The van der Waals surface area contributed by atoms with Crippen LogP contribution in [0.15, 0.2) is 48.8 Å². The van der Waals surface area contributed by atoms with Crippen LogP contribution in [0.1, 0.15) is 41.9 Å². The quantitative estimate of drug-likeness (QED) is 0.317. The number of likely N-dealkylation sites (tertiary alicyclic amines) is 1. The van der Waals surface area contributed by atoms with Crippen LogP contribution < -0.4 is 10.5 Å². The first kappa shape index (κ1) is 25.9. The molecule has 2 aliphatic carbocycles. The van der Waals surface area contributed by atoms with Crippen LogP contribution in [0.3, 0.4) is 0 Å². The highest BCUT2D eigenvalue weighted by atomic mass is 16.5. The Morgan fingerprint density at radius 2 is 1.91 bits per heavy atom. The zero-order valence-corrected chi connectivity index (χ0v) is 24.2. The SMILES string of the molecule is COc1cc(C(=O)N2CC3CCC2[C@@H]3N)cc2nc(-c3cc4ccc(-c5cnc(C#N)nc5)cc4n3CC3CC3)n(C)c12. The molecule has 2 bridgehead atoms. The molecule has 3 atom stereocenters. The van der Waals surface area contributed by atoms with Crippen LogP contribution in [0.5, 0.6) is 5.75 Å². The number of methoxy groups -OCH3 is 1. The zero-order chi connectivity index (χ0) is 29.4. The summed E-state index contributed by atoms with van der Waals surface area (Å²) in [5, 5.41) is 10.2. The summed E-state index contributed by atoms with van der Waals surface area (Å²) in [6.45, 7) is 1.62. The highest BCUT2D eigenvalue weighted by Gasteiger charge is 2.47. The molecule has 1 aliphatic heterocycles. The molecular formula is C33H32N8O2. The first-order valence-electron chi connectivity index (χ1n) is 14.9. The van der Waals surface area contributed by atoms with Crippen molar-refractivity contribution in [2.24, 2.45) is 24.6 Å². The Morgan fingerprint density at radius 3 is 2.58 bits per heavy atom. The fourth-order valence-electron chi connectivity index (χ4n) is 7.18. The number of imidazole rings is 1. The molecule has 3 aliphatic rings. The van der Waals surface area contributed by atoms with E-state index < -0.39 is 0 Å². The standard InChI is InChI=1S/C33H32N8O2/c1-39-31-24(9-22(12-28(31)43-2)33(42)41-17-21-7-8-25(41)30(21)35)38-32(39)27-11-20-6-5-19(23-14-36-29(13-34)37-15-23)10-26(20)40(27)16-18-3-4-18/h5-6,9-12,14-15,18,21,25,30H,3-4,7-8,16-17,35H2,1-2H3/t21?,25?,30-/m1/s1. The van der Waals surface area contributed by atoms with Gasteiger partial charge in [0.1, 0.15) is 17.3 Å². The summed E-state index contributed by atoms with van der Waals surface area (Å²) in [7, 11) is 3.65. The van der Waals surface area contributed by atoms with E-state index in [0.29, 0.717) is 23.1 Å². The van der Waals surface area contributed by atoms with Crippen molar-refractivity contribution in [1.82, 2.24) is 29.0 Å². The minimum atomic E-state index is -0.00258. The lowest BCUT2D eigenvalue weighted by Crippen LogP contribution is -2.41. The summed E-state index contributed by atoms with van der Waals surface area (Å²) in [5.41, 5.74) is 12.6. The molecule has 1 saturated heterocycles. The van der Waals surface area contributed by atoms with Crippen molar-refractivity contribution in [2.75, 3.05) is 13.7 Å². The third-order valence-corrected chi connectivity index (χ3v) is 9.67. The summed E-state index contributed by atoms with van der Waals surface area (Å²) in [6.07, 6.45) is 7.88. The van der Waals surface area contributed by atoms with Gasteiger partial charge in [-0.3, -0.25) is 4.79 Å². The number of nitriles is 1. The highest BCUT2D eigenvalue weighted by molar-refractivity contribution is 6.00. The van der Waals surface area contributed by atoms with Gasteiger partial charge in [0.25, 0.3) is 5.91 Å². The second-order valence-corrected chi connectivity index (χ2v) is 12.2. The molecule has 2 N–H and O–H groups in total. The largest absolute Gasteiger partial charge is 0.494 e. The number of ether oxygens (including phenoxy) is 1. The van der Waals surface area contributed by atoms with E-state index in [0.717, 1.165) is 70.5 Å². The second-order valence-electron chi connectivity index (χ2n) is 12.2. The molecule has 8 rings (SSSR count). The number of benzene rings is 2. The molecule has 4 heterocycles. The van der Waals surface area contributed by atoms with Crippen LogP contribution in [0.2, 0.25) is 0 Å². The van der Waals surface area contributed by atoms with Gasteiger partial charge in [-0.25, -0.2) is 15.0 Å². The minimum absolute atomic E-state index is 0.00258. The number of nitrogens with zero attached hydrogens (tertiary/aromatic N) is 7.